The molecule has 2 aromatic heterocycles. The standard InChI is InChI=1S/C20H19N5O2/c26-19-14-5-1-2-6-15(14)21-18(23-19)13-24-9-11-25(12-10-24)20-22-16-7-3-4-8-17(16)27-20/h1-8H,9-13H2,(H,21,23,26). The molecule has 1 saturated heterocycles. The van der Waals surface area contributed by atoms with Crippen LogP contribution in [-0.4, -0.2) is 46.0 Å². The fourth-order valence-corrected chi connectivity index (χ4v) is 3.51. The average molecular weight is 361 g/mol. The van der Waals surface area contributed by atoms with Crippen LogP contribution >= 0.6 is 0 Å². The van der Waals surface area contributed by atoms with Gasteiger partial charge < -0.3 is 14.3 Å². The number of benzene rings is 2. The number of piperazine rings is 1. The Hall–Kier alpha value is -3.19. The van der Waals surface area contributed by atoms with Crippen LogP contribution in [0.15, 0.2) is 57.7 Å². The van der Waals surface area contributed by atoms with Crippen LogP contribution in [0.3, 0.4) is 0 Å². The minimum Gasteiger partial charge on any atom is -0.423 e. The van der Waals surface area contributed by atoms with Gasteiger partial charge in [0.15, 0.2) is 5.58 Å². The minimum atomic E-state index is -0.0827. The molecule has 3 heterocycles. The smallest absolute Gasteiger partial charge is 0.298 e. The quantitative estimate of drug-likeness (QED) is 0.604. The number of anilines is 1. The average Bonchev–Trinajstić information content (AvgIpc) is 3.13. The van der Waals surface area contributed by atoms with Crippen molar-refractivity contribution in [1.29, 1.82) is 0 Å². The number of oxazole rings is 1. The number of para-hydroxylation sites is 3. The largest absolute Gasteiger partial charge is 0.423 e. The van der Waals surface area contributed by atoms with Crippen molar-refractivity contribution in [1.82, 2.24) is 19.9 Å². The SMILES string of the molecule is O=c1[nH]c(CN2CCN(c3nc4ccccc4o3)CC2)nc2ccccc12. The van der Waals surface area contributed by atoms with Gasteiger partial charge in [0, 0.05) is 26.2 Å². The van der Waals surface area contributed by atoms with Crippen molar-refractivity contribution in [2.24, 2.45) is 0 Å². The Morgan fingerprint density at radius 1 is 0.926 bits per heavy atom. The van der Waals surface area contributed by atoms with Crippen LogP contribution in [0.4, 0.5) is 6.01 Å². The highest BCUT2D eigenvalue weighted by atomic mass is 16.4. The Morgan fingerprint density at radius 3 is 2.48 bits per heavy atom. The molecule has 136 valence electrons. The first kappa shape index (κ1) is 16.0. The fraction of sp³-hybridized carbons (Fsp3) is 0.250. The highest BCUT2D eigenvalue weighted by Crippen LogP contribution is 2.22. The van der Waals surface area contributed by atoms with E-state index in [0.29, 0.717) is 23.8 Å². The van der Waals surface area contributed by atoms with Gasteiger partial charge >= 0.3 is 0 Å². The van der Waals surface area contributed by atoms with Gasteiger partial charge in [0.25, 0.3) is 11.6 Å². The second-order valence-electron chi connectivity index (χ2n) is 6.76. The number of H-pyrrole nitrogens is 1. The van der Waals surface area contributed by atoms with Crippen molar-refractivity contribution in [3.05, 3.63) is 64.7 Å². The molecule has 0 radical (unpaired) electrons. The summed E-state index contributed by atoms with van der Waals surface area (Å²) in [6, 6.07) is 15.9. The number of fused-ring (bicyclic) bond motifs is 2. The Labute approximate surface area is 155 Å². The van der Waals surface area contributed by atoms with Gasteiger partial charge in [-0.1, -0.05) is 24.3 Å². The van der Waals surface area contributed by atoms with Crippen LogP contribution in [0.1, 0.15) is 5.82 Å². The second kappa shape index (κ2) is 6.51. The van der Waals surface area contributed by atoms with E-state index in [4.69, 9.17) is 4.42 Å². The summed E-state index contributed by atoms with van der Waals surface area (Å²) in [5.74, 6) is 0.703. The summed E-state index contributed by atoms with van der Waals surface area (Å²) in [7, 11) is 0. The number of nitrogens with one attached hydrogen (secondary N) is 1. The van der Waals surface area contributed by atoms with Crippen molar-refractivity contribution < 1.29 is 4.42 Å². The van der Waals surface area contributed by atoms with Crippen LogP contribution in [-0.2, 0) is 6.54 Å². The molecule has 1 fully saturated rings. The minimum absolute atomic E-state index is 0.0827. The topological polar surface area (TPSA) is 78.3 Å². The molecule has 1 aliphatic heterocycles. The van der Waals surface area contributed by atoms with Gasteiger partial charge in [-0.15, -0.1) is 0 Å². The Bertz CT molecular complexity index is 1120. The van der Waals surface area contributed by atoms with E-state index in [2.05, 4.69) is 24.8 Å². The zero-order valence-electron chi connectivity index (χ0n) is 14.8. The number of aromatic amines is 1. The Balaban J connectivity index is 1.29. The molecule has 0 spiro atoms. The summed E-state index contributed by atoms with van der Waals surface area (Å²) >= 11 is 0. The van der Waals surface area contributed by atoms with Gasteiger partial charge in [0.05, 0.1) is 17.4 Å². The predicted octanol–water partition coefficient (Wildman–Crippen LogP) is 2.39. The lowest BCUT2D eigenvalue weighted by molar-refractivity contribution is 0.240. The summed E-state index contributed by atoms with van der Waals surface area (Å²) < 4.78 is 5.86. The fourth-order valence-electron chi connectivity index (χ4n) is 3.51. The molecule has 27 heavy (non-hydrogen) atoms. The van der Waals surface area contributed by atoms with Crippen molar-refractivity contribution >= 4 is 28.0 Å². The molecule has 4 aromatic rings. The second-order valence-corrected chi connectivity index (χ2v) is 6.76. The molecule has 0 atom stereocenters. The summed E-state index contributed by atoms with van der Waals surface area (Å²) in [6.07, 6.45) is 0. The van der Waals surface area contributed by atoms with Gasteiger partial charge in [-0.25, -0.2) is 4.98 Å². The van der Waals surface area contributed by atoms with Crippen LogP contribution in [0.25, 0.3) is 22.0 Å². The van der Waals surface area contributed by atoms with Crippen LogP contribution in [0, 0.1) is 0 Å². The maximum absolute atomic E-state index is 12.2. The summed E-state index contributed by atoms with van der Waals surface area (Å²) in [5.41, 5.74) is 2.35. The van der Waals surface area contributed by atoms with E-state index in [1.807, 2.05) is 42.5 Å². The summed E-state index contributed by atoms with van der Waals surface area (Å²) in [6.45, 7) is 3.99. The molecule has 2 aromatic carbocycles. The maximum Gasteiger partial charge on any atom is 0.298 e. The lowest BCUT2D eigenvalue weighted by Gasteiger charge is -2.33. The van der Waals surface area contributed by atoms with Gasteiger partial charge in [0.1, 0.15) is 11.3 Å². The van der Waals surface area contributed by atoms with Gasteiger partial charge in [-0.3, -0.25) is 9.69 Å². The lowest BCUT2D eigenvalue weighted by atomic mass is 10.2. The zero-order valence-corrected chi connectivity index (χ0v) is 14.8. The van der Waals surface area contributed by atoms with E-state index in [1.165, 1.54) is 0 Å². The van der Waals surface area contributed by atoms with E-state index in [9.17, 15) is 4.79 Å². The predicted molar refractivity (Wildman–Crippen MR) is 104 cm³/mol. The number of hydrogen-bond donors (Lipinski definition) is 1. The normalized spacial score (nSPS) is 15.6. The Morgan fingerprint density at radius 2 is 1.67 bits per heavy atom. The summed E-state index contributed by atoms with van der Waals surface area (Å²) in [4.78, 5) is 28.7. The first-order chi connectivity index (χ1) is 13.3. The molecule has 0 unspecified atom stereocenters. The van der Waals surface area contributed by atoms with Gasteiger partial charge in [0.2, 0.25) is 0 Å². The first-order valence-corrected chi connectivity index (χ1v) is 9.07. The number of nitrogens with zero attached hydrogens (tertiary/aromatic N) is 4. The third-order valence-electron chi connectivity index (χ3n) is 4.96. The third-order valence-corrected chi connectivity index (χ3v) is 4.96. The van der Waals surface area contributed by atoms with E-state index in [-0.39, 0.29) is 5.56 Å². The molecule has 0 aliphatic carbocycles. The maximum atomic E-state index is 12.2. The lowest BCUT2D eigenvalue weighted by Crippen LogP contribution is -2.46. The molecule has 5 rings (SSSR count). The van der Waals surface area contributed by atoms with Crippen molar-refractivity contribution in [3.8, 4) is 0 Å². The number of aromatic nitrogens is 3. The van der Waals surface area contributed by atoms with E-state index < -0.39 is 0 Å². The molecule has 7 nitrogen and oxygen atoms in total. The van der Waals surface area contributed by atoms with Crippen LogP contribution in [0.2, 0.25) is 0 Å². The monoisotopic (exact) mass is 361 g/mol. The van der Waals surface area contributed by atoms with Crippen molar-refractivity contribution in [2.45, 2.75) is 6.54 Å². The molecule has 1 N–H and O–H groups in total. The highest BCUT2D eigenvalue weighted by molar-refractivity contribution is 5.77. The number of hydrogen-bond acceptors (Lipinski definition) is 6. The van der Waals surface area contributed by atoms with Crippen LogP contribution in [0.5, 0.6) is 0 Å². The first-order valence-electron chi connectivity index (χ1n) is 9.07. The van der Waals surface area contributed by atoms with E-state index in [1.54, 1.807) is 6.07 Å². The molecule has 0 bridgehead atoms. The highest BCUT2D eigenvalue weighted by Gasteiger charge is 2.21. The number of rotatable bonds is 3. The molecule has 0 saturated carbocycles. The third kappa shape index (κ3) is 3.06. The Kier molecular flexibility index (Phi) is 3.86. The molecule has 7 heteroatoms. The van der Waals surface area contributed by atoms with Gasteiger partial charge in [-0.2, -0.15) is 4.98 Å². The van der Waals surface area contributed by atoms with E-state index >= 15 is 0 Å². The summed E-state index contributed by atoms with van der Waals surface area (Å²) in [5, 5.41) is 0.627. The van der Waals surface area contributed by atoms with Crippen molar-refractivity contribution in [2.75, 3.05) is 31.1 Å². The molecule has 0 amide bonds. The molecular formula is C20H19N5O2. The van der Waals surface area contributed by atoms with E-state index in [0.717, 1.165) is 42.8 Å². The van der Waals surface area contributed by atoms with Gasteiger partial charge in [-0.05, 0) is 24.3 Å². The molecule has 1 aliphatic rings. The molecular weight excluding hydrogens is 342 g/mol. The van der Waals surface area contributed by atoms with Crippen molar-refractivity contribution in [3.63, 3.8) is 0 Å². The zero-order chi connectivity index (χ0) is 18.2. The van der Waals surface area contributed by atoms with Crippen LogP contribution < -0.4 is 10.5 Å².